The predicted octanol–water partition coefficient (Wildman–Crippen LogP) is 3.17. The number of hydrogen-bond donors (Lipinski definition) is 1. The van der Waals surface area contributed by atoms with Crippen molar-refractivity contribution in [3.63, 3.8) is 0 Å². The van der Waals surface area contributed by atoms with E-state index in [2.05, 4.69) is 15.2 Å². The fourth-order valence-electron chi connectivity index (χ4n) is 2.75. The van der Waals surface area contributed by atoms with E-state index in [9.17, 15) is 26.3 Å². The third kappa shape index (κ3) is 5.13. The molecule has 0 aliphatic carbocycles. The van der Waals surface area contributed by atoms with Gasteiger partial charge >= 0.3 is 6.18 Å². The number of alkyl halides is 3. The van der Waals surface area contributed by atoms with Crippen molar-refractivity contribution in [2.75, 3.05) is 18.0 Å². The number of fused-ring (bicyclic) bond motifs is 1. The van der Waals surface area contributed by atoms with Crippen LogP contribution in [0.15, 0.2) is 30.3 Å². The molecule has 0 radical (unpaired) electrons. The molecule has 0 spiro atoms. The van der Waals surface area contributed by atoms with Crippen LogP contribution in [0, 0.1) is 17.5 Å². The normalized spacial score (nSPS) is 17.2. The lowest BCUT2D eigenvalue weighted by Crippen LogP contribution is -2.43. The molecule has 0 unspecified atom stereocenters. The fourth-order valence-corrected chi connectivity index (χ4v) is 2.75. The van der Waals surface area contributed by atoms with Crippen LogP contribution in [0.4, 0.5) is 32.2 Å². The topological polar surface area (TPSA) is 72.3 Å². The van der Waals surface area contributed by atoms with Crippen molar-refractivity contribution < 1.29 is 26.3 Å². The lowest BCUT2D eigenvalue weighted by molar-refractivity contribution is -0.144. The first-order valence-electron chi connectivity index (χ1n) is 8.56. The minimum absolute atomic E-state index is 0.0581. The Bertz CT molecular complexity index is 988. The molecule has 1 saturated heterocycles. The summed E-state index contributed by atoms with van der Waals surface area (Å²) in [4.78, 5) is 5.35. The minimum Gasteiger partial charge on any atom is -0.354 e. The number of benzene rings is 1. The molecule has 6 nitrogen and oxygen atoms in total. The van der Waals surface area contributed by atoms with E-state index in [1.807, 2.05) is 4.90 Å². The number of nitrogens with two attached hydrogens (primary N) is 1. The van der Waals surface area contributed by atoms with Crippen LogP contribution in [0.25, 0.3) is 5.65 Å². The molecule has 0 bridgehead atoms. The van der Waals surface area contributed by atoms with Gasteiger partial charge in [-0.3, -0.25) is 0 Å². The number of aromatic nitrogens is 4. The van der Waals surface area contributed by atoms with Crippen LogP contribution in [0.1, 0.15) is 18.7 Å². The van der Waals surface area contributed by atoms with Gasteiger partial charge in [-0.25, -0.2) is 18.2 Å². The summed E-state index contributed by atoms with van der Waals surface area (Å²) in [6.45, 7) is 1.42. The van der Waals surface area contributed by atoms with Crippen LogP contribution in [0.3, 0.4) is 0 Å². The summed E-state index contributed by atoms with van der Waals surface area (Å²) in [6.07, 6.45) is -2.69. The molecule has 1 fully saturated rings. The summed E-state index contributed by atoms with van der Waals surface area (Å²) in [7, 11) is 0. The maximum atomic E-state index is 12.5. The van der Waals surface area contributed by atoms with Crippen LogP contribution in [0.5, 0.6) is 0 Å². The largest absolute Gasteiger partial charge is 0.453 e. The SMILES string of the molecule is Fc1ccc(F)c(F)c1.N[C@@H]1CCCN(c2ccc3nc(C(F)(F)F)nn3n2)C1. The molecule has 1 aliphatic heterocycles. The lowest BCUT2D eigenvalue weighted by Gasteiger charge is -2.31. The zero-order valence-electron chi connectivity index (χ0n) is 14.9. The molecule has 12 heteroatoms. The zero-order chi connectivity index (χ0) is 21.2. The van der Waals surface area contributed by atoms with Gasteiger partial charge in [0.2, 0.25) is 0 Å². The number of piperidine rings is 1. The van der Waals surface area contributed by atoms with E-state index in [4.69, 9.17) is 5.73 Å². The van der Waals surface area contributed by atoms with E-state index in [0.717, 1.165) is 36.1 Å². The van der Waals surface area contributed by atoms with Crippen LogP contribution < -0.4 is 10.6 Å². The Balaban J connectivity index is 0.000000224. The molecule has 4 rings (SSSR count). The van der Waals surface area contributed by atoms with Gasteiger partial charge in [-0.15, -0.1) is 14.8 Å². The Morgan fingerprint density at radius 1 is 1.00 bits per heavy atom. The van der Waals surface area contributed by atoms with Crippen molar-refractivity contribution >= 4 is 11.5 Å². The number of hydrogen-bond acceptors (Lipinski definition) is 5. The molecule has 2 N–H and O–H groups in total. The van der Waals surface area contributed by atoms with E-state index < -0.39 is 29.5 Å². The lowest BCUT2D eigenvalue weighted by atomic mass is 10.1. The second-order valence-electron chi connectivity index (χ2n) is 6.38. The average molecular weight is 418 g/mol. The van der Waals surface area contributed by atoms with Crippen molar-refractivity contribution in [3.05, 3.63) is 53.6 Å². The highest BCUT2D eigenvalue weighted by molar-refractivity contribution is 5.45. The van der Waals surface area contributed by atoms with Crippen molar-refractivity contribution in [2.24, 2.45) is 5.73 Å². The maximum Gasteiger partial charge on any atom is 0.453 e. The van der Waals surface area contributed by atoms with Crippen molar-refractivity contribution in [2.45, 2.75) is 25.1 Å². The number of nitrogens with zero attached hydrogens (tertiary/aromatic N) is 5. The molecular weight excluding hydrogens is 402 g/mol. The zero-order valence-corrected chi connectivity index (χ0v) is 14.9. The molecule has 1 aromatic carbocycles. The van der Waals surface area contributed by atoms with E-state index in [0.29, 0.717) is 18.4 Å². The molecule has 3 aromatic rings. The van der Waals surface area contributed by atoms with E-state index in [1.54, 1.807) is 6.07 Å². The summed E-state index contributed by atoms with van der Waals surface area (Å²) in [5.74, 6) is -3.58. The van der Waals surface area contributed by atoms with Crippen LogP contribution in [-0.2, 0) is 6.18 Å². The van der Waals surface area contributed by atoms with Gasteiger partial charge in [0.15, 0.2) is 23.1 Å². The van der Waals surface area contributed by atoms with Gasteiger partial charge in [-0.1, -0.05) is 0 Å². The Hall–Kier alpha value is -2.89. The Morgan fingerprint density at radius 3 is 2.38 bits per heavy atom. The standard InChI is InChI=1S/C11H13F3N6.C6H3F3/c12-11(13,14)10-16-8-3-4-9(17-20(8)18-10)19-5-1-2-7(15)6-19;7-4-1-2-5(8)6(9)3-4/h3-4,7H,1-2,5-6,15H2;1-3H/t7-;/m1./s1. The maximum absolute atomic E-state index is 12.5. The third-order valence-electron chi connectivity index (χ3n) is 4.11. The summed E-state index contributed by atoms with van der Waals surface area (Å²) in [5, 5.41) is 7.45. The third-order valence-corrected chi connectivity index (χ3v) is 4.11. The molecular formula is C17H16F6N6. The molecule has 1 aliphatic rings. The predicted molar refractivity (Wildman–Crippen MR) is 91.5 cm³/mol. The summed E-state index contributed by atoms with van der Waals surface area (Å²) < 4.78 is 74.4. The van der Waals surface area contributed by atoms with Crippen LogP contribution in [-0.4, -0.2) is 38.9 Å². The fraction of sp³-hybridized carbons (Fsp3) is 0.353. The summed E-state index contributed by atoms with van der Waals surface area (Å²) >= 11 is 0. The van der Waals surface area contributed by atoms with Crippen molar-refractivity contribution in [3.8, 4) is 0 Å². The van der Waals surface area contributed by atoms with E-state index in [-0.39, 0.29) is 11.7 Å². The van der Waals surface area contributed by atoms with Gasteiger partial charge < -0.3 is 10.6 Å². The molecule has 0 amide bonds. The Labute approximate surface area is 160 Å². The highest BCUT2D eigenvalue weighted by Gasteiger charge is 2.36. The minimum atomic E-state index is -4.57. The molecule has 29 heavy (non-hydrogen) atoms. The first-order valence-corrected chi connectivity index (χ1v) is 8.56. The highest BCUT2D eigenvalue weighted by Crippen LogP contribution is 2.26. The molecule has 2 aromatic heterocycles. The van der Waals surface area contributed by atoms with Crippen molar-refractivity contribution in [1.82, 2.24) is 19.8 Å². The average Bonchev–Trinajstić information content (AvgIpc) is 3.09. The first kappa shape index (κ1) is 20.8. The molecule has 1 atom stereocenters. The van der Waals surface area contributed by atoms with Gasteiger partial charge in [-0.2, -0.15) is 13.2 Å². The van der Waals surface area contributed by atoms with Gasteiger partial charge in [0.25, 0.3) is 5.82 Å². The smallest absolute Gasteiger partial charge is 0.354 e. The molecule has 0 saturated carbocycles. The second kappa shape index (κ2) is 8.23. The van der Waals surface area contributed by atoms with Crippen LogP contribution in [0.2, 0.25) is 0 Å². The monoisotopic (exact) mass is 418 g/mol. The first-order chi connectivity index (χ1) is 13.6. The second-order valence-corrected chi connectivity index (χ2v) is 6.38. The highest BCUT2D eigenvalue weighted by atomic mass is 19.4. The van der Waals surface area contributed by atoms with Crippen molar-refractivity contribution in [1.29, 1.82) is 0 Å². The van der Waals surface area contributed by atoms with E-state index in [1.165, 1.54) is 6.07 Å². The Morgan fingerprint density at radius 2 is 1.76 bits per heavy atom. The number of halogens is 6. The van der Waals surface area contributed by atoms with Crippen LogP contribution >= 0.6 is 0 Å². The number of anilines is 1. The number of rotatable bonds is 1. The quantitative estimate of drug-likeness (QED) is 0.486. The van der Waals surface area contributed by atoms with Gasteiger partial charge in [-0.05, 0) is 37.1 Å². The van der Waals surface area contributed by atoms with E-state index >= 15 is 0 Å². The Kier molecular flexibility index (Phi) is 5.91. The molecule has 3 heterocycles. The summed E-state index contributed by atoms with van der Waals surface area (Å²) in [6, 6.07) is 5.27. The summed E-state index contributed by atoms with van der Waals surface area (Å²) in [5.41, 5.74) is 5.95. The molecule has 156 valence electrons. The van der Waals surface area contributed by atoms with Gasteiger partial charge in [0.05, 0.1) is 0 Å². The van der Waals surface area contributed by atoms with Gasteiger partial charge in [0.1, 0.15) is 5.82 Å². The van der Waals surface area contributed by atoms with Gasteiger partial charge in [0, 0.05) is 25.2 Å².